The largest absolute Gasteiger partial charge is 0.445 e. The molecule has 0 fully saturated rings. The van der Waals surface area contributed by atoms with E-state index in [2.05, 4.69) is 25.7 Å². The summed E-state index contributed by atoms with van der Waals surface area (Å²) < 4.78 is 37.2. The summed E-state index contributed by atoms with van der Waals surface area (Å²) in [6, 6.07) is 6.89. The fraction of sp³-hybridized carbons (Fsp3) is 0.0909. The first-order chi connectivity index (χ1) is 9.95. The molecule has 0 spiro atoms. The molecule has 2 aromatic heterocycles. The van der Waals surface area contributed by atoms with Crippen LogP contribution in [0.4, 0.5) is 18.3 Å². The predicted octanol–water partition coefficient (Wildman–Crippen LogP) is 2.69. The fourth-order valence-electron chi connectivity index (χ4n) is 1.68. The van der Waals surface area contributed by atoms with Gasteiger partial charge >= 0.3 is 6.18 Å². The van der Waals surface area contributed by atoms with Gasteiger partial charge in [-0.25, -0.2) is 0 Å². The van der Waals surface area contributed by atoms with Gasteiger partial charge in [-0.05, 0) is 6.07 Å². The summed E-state index contributed by atoms with van der Waals surface area (Å²) in [5.41, 5.74) is 0.727. The molecule has 0 unspecified atom stereocenters. The van der Waals surface area contributed by atoms with Crippen LogP contribution in [0.3, 0.4) is 0 Å². The van der Waals surface area contributed by atoms with Crippen LogP contribution in [0.1, 0.15) is 15.5 Å². The van der Waals surface area contributed by atoms with E-state index < -0.39 is 17.1 Å². The Bertz CT molecular complexity index is 809. The van der Waals surface area contributed by atoms with Crippen LogP contribution < -0.4 is 5.32 Å². The normalized spacial score (nSPS) is 11.8. The van der Waals surface area contributed by atoms with E-state index in [1.807, 2.05) is 0 Å². The summed E-state index contributed by atoms with van der Waals surface area (Å²) in [5, 5.41) is 14.2. The van der Waals surface area contributed by atoms with Crippen LogP contribution in [-0.2, 0) is 6.18 Å². The van der Waals surface area contributed by atoms with Crippen LogP contribution in [0.15, 0.2) is 24.3 Å². The second kappa shape index (κ2) is 4.81. The highest BCUT2D eigenvalue weighted by molar-refractivity contribution is 7.15. The predicted molar refractivity (Wildman–Crippen MR) is 69.0 cm³/mol. The minimum absolute atomic E-state index is 0.0781. The van der Waals surface area contributed by atoms with E-state index in [1.165, 1.54) is 0 Å². The van der Waals surface area contributed by atoms with Crippen molar-refractivity contribution in [1.82, 2.24) is 20.4 Å². The van der Waals surface area contributed by atoms with Crippen LogP contribution in [0.5, 0.6) is 0 Å². The molecule has 2 N–H and O–H groups in total. The van der Waals surface area contributed by atoms with Crippen molar-refractivity contribution in [3.63, 3.8) is 0 Å². The van der Waals surface area contributed by atoms with Crippen molar-refractivity contribution < 1.29 is 18.0 Å². The molecule has 0 aliphatic carbocycles. The first-order valence-electron chi connectivity index (χ1n) is 5.60. The molecule has 0 saturated heterocycles. The number of carbonyl (C=O) groups is 1. The quantitative estimate of drug-likeness (QED) is 0.762. The zero-order chi connectivity index (χ0) is 15.0. The van der Waals surface area contributed by atoms with Gasteiger partial charge in [0.2, 0.25) is 10.1 Å². The second-order valence-electron chi connectivity index (χ2n) is 3.98. The number of fused-ring (bicyclic) bond motifs is 1. The van der Waals surface area contributed by atoms with E-state index >= 15 is 0 Å². The number of alkyl halides is 3. The van der Waals surface area contributed by atoms with E-state index in [1.54, 1.807) is 24.3 Å². The highest BCUT2D eigenvalue weighted by atomic mass is 32.1. The van der Waals surface area contributed by atoms with E-state index in [0.29, 0.717) is 10.9 Å². The molecule has 0 aliphatic rings. The Kier molecular flexibility index (Phi) is 3.09. The lowest BCUT2D eigenvalue weighted by atomic mass is 10.2. The maximum atomic E-state index is 12.4. The lowest BCUT2D eigenvalue weighted by molar-refractivity contribution is -0.138. The molecule has 3 rings (SSSR count). The summed E-state index contributed by atoms with van der Waals surface area (Å²) >= 11 is 0.254. The number of carbonyl (C=O) groups excluding carboxylic acids is 1. The second-order valence-corrected chi connectivity index (χ2v) is 4.96. The van der Waals surface area contributed by atoms with E-state index in [0.717, 1.165) is 0 Å². The van der Waals surface area contributed by atoms with Crippen LogP contribution in [-0.4, -0.2) is 26.3 Å². The van der Waals surface area contributed by atoms with Crippen molar-refractivity contribution in [2.75, 3.05) is 5.32 Å². The lowest BCUT2D eigenvalue weighted by Gasteiger charge is -1.99. The Hall–Kier alpha value is -2.49. The number of hydrogen-bond acceptors (Lipinski definition) is 5. The van der Waals surface area contributed by atoms with Crippen molar-refractivity contribution in [1.29, 1.82) is 0 Å². The highest BCUT2D eigenvalue weighted by Gasteiger charge is 2.35. The van der Waals surface area contributed by atoms with Crippen molar-refractivity contribution in [2.24, 2.45) is 0 Å². The van der Waals surface area contributed by atoms with Crippen LogP contribution in [0.25, 0.3) is 10.9 Å². The summed E-state index contributed by atoms with van der Waals surface area (Å²) in [6.07, 6.45) is -4.58. The van der Waals surface area contributed by atoms with Gasteiger partial charge in [-0.15, -0.1) is 10.2 Å². The average molecular weight is 313 g/mol. The number of aromatic amines is 1. The number of benzene rings is 1. The first kappa shape index (κ1) is 13.5. The Morgan fingerprint density at radius 2 is 2.00 bits per heavy atom. The maximum Gasteiger partial charge on any atom is 0.445 e. The van der Waals surface area contributed by atoms with Gasteiger partial charge in [0, 0.05) is 5.39 Å². The number of amides is 1. The van der Waals surface area contributed by atoms with Gasteiger partial charge in [0.15, 0.2) is 5.69 Å². The molecule has 0 saturated carbocycles. The number of H-pyrrole nitrogens is 1. The van der Waals surface area contributed by atoms with Gasteiger partial charge in [-0.1, -0.05) is 29.5 Å². The molecule has 2 heterocycles. The highest BCUT2D eigenvalue weighted by Crippen LogP contribution is 2.33. The number of nitrogens with one attached hydrogen (secondary N) is 2. The molecule has 1 amide bonds. The van der Waals surface area contributed by atoms with Gasteiger partial charge in [-0.3, -0.25) is 15.2 Å². The van der Waals surface area contributed by atoms with Crippen LogP contribution >= 0.6 is 11.3 Å². The van der Waals surface area contributed by atoms with E-state index in [-0.39, 0.29) is 22.2 Å². The first-order valence-corrected chi connectivity index (χ1v) is 6.42. The third-order valence-corrected chi connectivity index (χ3v) is 3.46. The molecule has 0 radical (unpaired) electrons. The molecular weight excluding hydrogens is 307 g/mol. The number of halogens is 3. The molecule has 10 heteroatoms. The van der Waals surface area contributed by atoms with Gasteiger partial charge in [-0.2, -0.15) is 18.3 Å². The minimum atomic E-state index is -4.58. The van der Waals surface area contributed by atoms with Crippen molar-refractivity contribution in [3.8, 4) is 0 Å². The number of nitrogens with zero attached hydrogens (tertiary/aromatic N) is 3. The summed E-state index contributed by atoms with van der Waals surface area (Å²) in [5.74, 6) is -0.655. The number of hydrogen-bond donors (Lipinski definition) is 2. The fourth-order valence-corrected chi connectivity index (χ4v) is 2.29. The standard InChI is InChI=1S/C11H6F3N5OS/c12-11(13,14)9-18-19-10(21-9)15-8(20)7-5-3-1-2-4-6(5)16-17-7/h1-4H,(H,16,17)(H,15,19,20). The number of anilines is 1. The number of aromatic nitrogens is 4. The summed E-state index contributed by atoms with van der Waals surface area (Å²) in [4.78, 5) is 12.0. The number of rotatable bonds is 2. The summed E-state index contributed by atoms with van der Waals surface area (Å²) in [6.45, 7) is 0. The smallest absolute Gasteiger partial charge is 0.295 e. The van der Waals surface area contributed by atoms with Crippen LogP contribution in [0, 0.1) is 0 Å². The average Bonchev–Trinajstić information content (AvgIpc) is 3.03. The lowest BCUT2D eigenvalue weighted by Crippen LogP contribution is -2.12. The third-order valence-electron chi connectivity index (χ3n) is 2.57. The Balaban J connectivity index is 1.85. The molecule has 6 nitrogen and oxygen atoms in total. The minimum Gasteiger partial charge on any atom is -0.295 e. The topological polar surface area (TPSA) is 83.6 Å². The molecule has 0 aliphatic heterocycles. The van der Waals surface area contributed by atoms with Gasteiger partial charge in [0.1, 0.15) is 0 Å². The summed E-state index contributed by atoms with van der Waals surface area (Å²) in [7, 11) is 0. The Labute approximate surface area is 119 Å². The SMILES string of the molecule is O=C(Nc1nnc(C(F)(F)F)s1)c1n[nH]c2ccccc12. The maximum absolute atomic E-state index is 12.4. The van der Waals surface area contributed by atoms with Crippen molar-refractivity contribution in [3.05, 3.63) is 35.0 Å². The van der Waals surface area contributed by atoms with Crippen molar-refractivity contribution >= 4 is 33.3 Å². The van der Waals surface area contributed by atoms with Gasteiger partial charge < -0.3 is 0 Å². The number of para-hydroxylation sites is 1. The molecular formula is C11H6F3N5OS. The molecule has 1 aromatic carbocycles. The van der Waals surface area contributed by atoms with Crippen LogP contribution in [0.2, 0.25) is 0 Å². The molecule has 0 atom stereocenters. The van der Waals surface area contributed by atoms with E-state index in [4.69, 9.17) is 0 Å². The zero-order valence-corrected chi connectivity index (χ0v) is 10.9. The molecule has 21 heavy (non-hydrogen) atoms. The monoisotopic (exact) mass is 313 g/mol. The molecule has 0 bridgehead atoms. The Morgan fingerprint density at radius 3 is 2.71 bits per heavy atom. The zero-order valence-electron chi connectivity index (χ0n) is 10.1. The molecule has 108 valence electrons. The molecule has 3 aromatic rings. The van der Waals surface area contributed by atoms with Crippen molar-refractivity contribution in [2.45, 2.75) is 6.18 Å². The van der Waals surface area contributed by atoms with Gasteiger partial charge in [0.25, 0.3) is 5.91 Å². The Morgan fingerprint density at radius 1 is 1.24 bits per heavy atom. The van der Waals surface area contributed by atoms with Gasteiger partial charge in [0.05, 0.1) is 5.52 Å². The van der Waals surface area contributed by atoms with E-state index in [9.17, 15) is 18.0 Å². The third kappa shape index (κ3) is 2.57.